The number of nitrogens with one attached hydrogen (secondary N) is 1. The Morgan fingerprint density at radius 2 is 2.14 bits per heavy atom. The van der Waals surface area contributed by atoms with E-state index in [0.29, 0.717) is 19.0 Å². The smallest absolute Gasteiger partial charge is 0.203 e. The van der Waals surface area contributed by atoms with Gasteiger partial charge >= 0.3 is 0 Å². The van der Waals surface area contributed by atoms with Crippen LogP contribution < -0.4 is 19.5 Å². The Hall–Kier alpha value is -2.27. The topological polar surface area (TPSA) is 52.6 Å². The van der Waals surface area contributed by atoms with Crippen molar-refractivity contribution in [2.75, 3.05) is 26.9 Å². The molecule has 0 unspecified atom stereocenters. The summed E-state index contributed by atoms with van der Waals surface area (Å²) in [6.07, 6.45) is 2.73. The molecular formula is C17H20N2O3. The standard InChI is InChI=1S/C17H20N2O3/c1-20-15-10-13(11-16-17(15)22-9-8-21-16)12-18-7-5-14-4-2-3-6-19-14/h2-4,6,10-11,18H,5,7-9,12H2,1H3. The maximum atomic E-state index is 5.64. The highest BCUT2D eigenvalue weighted by atomic mass is 16.6. The number of benzene rings is 1. The van der Waals surface area contributed by atoms with E-state index < -0.39 is 0 Å². The average molecular weight is 300 g/mol. The number of methoxy groups -OCH3 is 1. The lowest BCUT2D eigenvalue weighted by atomic mass is 10.1. The Labute approximate surface area is 130 Å². The van der Waals surface area contributed by atoms with Gasteiger partial charge in [0.15, 0.2) is 11.5 Å². The normalized spacial score (nSPS) is 13.0. The first-order valence-corrected chi connectivity index (χ1v) is 7.44. The molecule has 2 aromatic rings. The van der Waals surface area contributed by atoms with Crippen LogP contribution in [0.15, 0.2) is 36.5 Å². The maximum absolute atomic E-state index is 5.64. The van der Waals surface area contributed by atoms with E-state index >= 15 is 0 Å². The van der Waals surface area contributed by atoms with Crippen molar-refractivity contribution in [3.05, 3.63) is 47.8 Å². The molecule has 0 amide bonds. The Morgan fingerprint density at radius 3 is 2.95 bits per heavy atom. The van der Waals surface area contributed by atoms with Crippen LogP contribution in [0.5, 0.6) is 17.2 Å². The van der Waals surface area contributed by atoms with Gasteiger partial charge in [0.05, 0.1) is 7.11 Å². The Bertz CT molecular complexity index is 600. The number of rotatable bonds is 6. The van der Waals surface area contributed by atoms with Crippen molar-refractivity contribution in [2.45, 2.75) is 13.0 Å². The third kappa shape index (κ3) is 3.49. The molecule has 0 fully saturated rings. The number of ether oxygens (including phenoxy) is 3. The van der Waals surface area contributed by atoms with Crippen molar-refractivity contribution in [2.24, 2.45) is 0 Å². The molecule has 0 atom stereocenters. The number of fused-ring (bicyclic) bond motifs is 1. The summed E-state index contributed by atoms with van der Waals surface area (Å²) >= 11 is 0. The summed E-state index contributed by atoms with van der Waals surface area (Å²) in [4.78, 5) is 4.31. The molecule has 5 nitrogen and oxygen atoms in total. The lowest BCUT2D eigenvalue weighted by molar-refractivity contribution is 0.165. The van der Waals surface area contributed by atoms with E-state index in [1.807, 2.05) is 36.5 Å². The van der Waals surface area contributed by atoms with Crippen molar-refractivity contribution in [3.63, 3.8) is 0 Å². The van der Waals surface area contributed by atoms with Gasteiger partial charge in [0.1, 0.15) is 13.2 Å². The van der Waals surface area contributed by atoms with Gasteiger partial charge in [-0.3, -0.25) is 4.98 Å². The zero-order valence-corrected chi connectivity index (χ0v) is 12.7. The molecule has 0 saturated carbocycles. The highest BCUT2D eigenvalue weighted by molar-refractivity contribution is 5.54. The van der Waals surface area contributed by atoms with Gasteiger partial charge < -0.3 is 19.5 Å². The van der Waals surface area contributed by atoms with Gasteiger partial charge in [-0.15, -0.1) is 0 Å². The van der Waals surface area contributed by atoms with Crippen LogP contribution in [0.2, 0.25) is 0 Å². The molecule has 0 aliphatic carbocycles. The lowest BCUT2D eigenvalue weighted by Gasteiger charge is -2.21. The second-order valence-electron chi connectivity index (χ2n) is 5.07. The van der Waals surface area contributed by atoms with Crippen molar-refractivity contribution >= 4 is 0 Å². The highest BCUT2D eigenvalue weighted by Gasteiger charge is 2.18. The minimum atomic E-state index is 0.561. The van der Waals surface area contributed by atoms with Gasteiger partial charge in [0.2, 0.25) is 5.75 Å². The average Bonchev–Trinajstić information content (AvgIpc) is 2.59. The number of nitrogens with zero attached hydrogens (tertiary/aromatic N) is 1. The van der Waals surface area contributed by atoms with E-state index in [0.717, 1.165) is 42.3 Å². The van der Waals surface area contributed by atoms with Crippen LogP contribution in [-0.2, 0) is 13.0 Å². The predicted octanol–water partition coefficient (Wildman–Crippen LogP) is 2.19. The molecule has 116 valence electrons. The minimum absolute atomic E-state index is 0.561. The van der Waals surface area contributed by atoms with Crippen LogP contribution in [-0.4, -0.2) is 31.9 Å². The first-order chi connectivity index (χ1) is 10.9. The lowest BCUT2D eigenvalue weighted by Crippen LogP contribution is -2.19. The zero-order chi connectivity index (χ0) is 15.2. The fourth-order valence-electron chi connectivity index (χ4n) is 2.42. The molecule has 0 radical (unpaired) electrons. The molecule has 1 N–H and O–H groups in total. The summed E-state index contributed by atoms with van der Waals surface area (Å²) < 4.78 is 16.6. The monoisotopic (exact) mass is 300 g/mol. The maximum Gasteiger partial charge on any atom is 0.203 e. The first-order valence-electron chi connectivity index (χ1n) is 7.44. The van der Waals surface area contributed by atoms with E-state index in [4.69, 9.17) is 14.2 Å². The number of aromatic nitrogens is 1. The van der Waals surface area contributed by atoms with Crippen molar-refractivity contribution < 1.29 is 14.2 Å². The van der Waals surface area contributed by atoms with Crippen LogP contribution in [0.3, 0.4) is 0 Å². The molecule has 1 aliphatic heterocycles. The SMILES string of the molecule is COc1cc(CNCCc2ccccn2)cc2c1OCCO2. The van der Waals surface area contributed by atoms with Crippen molar-refractivity contribution in [1.82, 2.24) is 10.3 Å². The van der Waals surface area contributed by atoms with Crippen LogP contribution in [0.4, 0.5) is 0 Å². The molecule has 2 heterocycles. The summed E-state index contributed by atoms with van der Waals surface area (Å²) in [5, 5.41) is 3.42. The summed E-state index contributed by atoms with van der Waals surface area (Å²) in [6, 6.07) is 9.97. The molecule has 5 heteroatoms. The molecule has 1 aromatic carbocycles. The molecule has 0 saturated heterocycles. The quantitative estimate of drug-likeness (QED) is 0.829. The summed E-state index contributed by atoms with van der Waals surface area (Å²) in [6.45, 7) is 2.76. The fourth-order valence-corrected chi connectivity index (χ4v) is 2.42. The van der Waals surface area contributed by atoms with E-state index in [1.54, 1.807) is 7.11 Å². The molecule has 1 aliphatic rings. The number of hydrogen-bond acceptors (Lipinski definition) is 5. The minimum Gasteiger partial charge on any atom is -0.493 e. The summed E-state index contributed by atoms with van der Waals surface area (Å²) in [7, 11) is 1.64. The van der Waals surface area contributed by atoms with Crippen molar-refractivity contribution in [1.29, 1.82) is 0 Å². The van der Waals surface area contributed by atoms with Gasteiger partial charge in [-0.2, -0.15) is 0 Å². The highest BCUT2D eigenvalue weighted by Crippen LogP contribution is 2.40. The van der Waals surface area contributed by atoms with Gasteiger partial charge in [-0.05, 0) is 29.8 Å². The summed E-state index contributed by atoms with van der Waals surface area (Å²) in [5.41, 5.74) is 2.21. The third-order valence-electron chi connectivity index (χ3n) is 3.50. The Balaban J connectivity index is 1.58. The molecule has 0 spiro atoms. The van der Waals surface area contributed by atoms with Gasteiger partial charge in [-0.25, -0.2) is 0 Å². The summed E-state index contributed by atoms with van der Waals surface area (Å²) in [5.74, 6) is 2.18. The predicted molar refractivity (Wildman–Crippen MR) is 83.6 cm³/mol. The van der Waals surface area contributed by atoms with Gasteiger partial charge in [0, 0.05) is 31.4 Å². The van der Waals surface area contributed by atoms with E-state index in [9.17, 15) is 0 Å². The first kappa shape index (κ1) is 14.7. The number of pyridine rings is 1. The van der Waals surface area contributed by atoms with Gasteiger partial charge in [0.25, 0.3) is 0 Å². The second-order valence-corrected chi connectivity index (χ2v) is 5.07. The Kier molecular flexibility index (Phi) is 4.75. The van der Waals surface area contributed by atoms with E-state index in [2.05, 4.69) is 10.3 Å². The zero-order valence-electron chi connectivity index (χ0n) is 12.7. The Morgan fingerprint density at radius 1 is 1.23 bits per heavy atom. The largest absolute Gasteiger partial charge is 0.493 e. The molecular weight excluding hydrogens is 280 g/mol. The number of hydrogen-bond donors (Lipinski definition) is 1. The second kappa shape index (κ2) is 7.13. The molecule has 3 rings (SSSR count). The molecule has 0 bridgehead atoms. The molecule has 22 heavy (non-hydrogen) atoms. The molecule has 1 aromatic heterocycles. The van der Waals surface area contributed by atoms with Crippen LogP contribution in [0.25, 0.3) is 0 Å². The van der Waals surface area contributed by atoms with Crippen LogP contribution in [0.1, 0.15) is 11.3 Å². The van der Waals surface area contributed by atoms with E-state index in [1.165, 1.54) is 0 Å². The van der Waals surface area contributed by atoms with E-state index in [-0.39, 0.29) is 0 Å². The van der Waals surface area contributed by atoms with Crippen LogP contribution in [0, 0.1) is 0 Å². The van der Waals surface area contributed by atoms with Gasteiger partial charge in [-0.1, -0.05) is 6.07 Å². The fraction of sp³-hybridized carbons (Fsp3) is 0.353. The third-order valence-corrected chi connectivity index (χ3v) is 3.50. The van der Waals surface area contributed by atoms with Crippen molar-refractivity contribution in [3.8, 4) is 17.2 Å². The van der Waals surface area contributed by atoms with Crippen LogP contribution >= 0.6 is 0 Å².